The van der Waals surface area contributed by atoms with Gasteiger partial charge in [-0.2, -0.15) is 0 Å². The summed E-state index contributed by atoms with van der Waals surface area (Å²) in [5, 5.41) is 3.32. The lowest BCUT2D eigenvalue weighted by molar-refractivity contribution is -0.128. The standard InChI is InChI=1S/C16H24N2OS/c1-3-17-11-13-6-5-7-15(10-13)20-12-16(19)18(4-2)14-8-9-14/h5-7,10,14,17H,3-4,8-9,11-12H2,1-2H3. The van der Waals surface area contributed by atoms with Gasteiger partial charge >= 0.3 is 0 Å². The van der Waals surface area contributed by atoms with Crippen molar-refractivity contribution in [3.8, 4) is 0 Å². The first-order valence-corrected chi connectivity index (χ1v) is 8.45. The van der Waals surface area contributed by atoms with Crippen LogP contribution in [-0.4, -0.2) is 35.7 Å². The van der Waals surface area contributed by atoms with Gasteiger partial charge in [-0.3, -0.25) is 4.79 Å². The highest BCUT2D eigenvalue weighted by atomic mass is 32.2. The summed E-state index contributed by atoms with van der Waals surface area (Å²) in [6.07, 6.45) is 2.37. The van der Waals surface area contributed by atoms with Crippen molar-refractivity contribution in [2.45, 2.75) is 44.2 Å². The maximum atomic E-state index is 12.2. The van der Waals surface area contributed by atoms with Crippen LogP contribution in [0.25, 0.3) is 0 Å². The average Bonchev–Trinajstić information content (AvgIpc) is 3.29. The maximum Gasteiger partial charge on any atom is 0.233 e. The Morgan fingerprint density at radius 3 is 2.85 bits per heavy atom. The van der Waals surface area contributed by atoms with E-state index >= 15 is 0 Å². The van der Waals surface area contributed by atoms with Gasteiger partial charge in [0.25, 0.3) is 0 Å². The van der Waals surface area contributed by atoms with Crippen LogP contribution in [0, 0.1) is 0 Å². The van der Waals surface area contributed by atoms with Crippen LogP contribution < -0.4 is 5.32 Å². The molecule has 1 aromatic carbocycles. The Bertz CT molecular complexity index is 446. The lowest BCUT2D eigenvalue weighted by Gasteiger charge is -2.20. The first-order chi connectivity index (χ1) is 9.74. The van der Waals surface area contributed by atoms with Gasteiger partial charge in [0, 0.05) is 24.0 Å². The molecule has 0 bridgehead atoms. The van der Waals surface area contributed by atoms with E-state index in [1.54, 1.807) is 11.8 Å². The molecular formula is C16H24N2OS. The highest BCUT2D eigenvalue weighted by Gasteiger charge is 2.30. The topological polar surface area (TPSA) is 32.3 Å². The smallest absolute Gasteiger partial charge is 0.233 e. The summed E-state index contributed by atoms with van der Waals surface area (Å²) in [4.78, 5) is 15.4. The number of nitrogens with one attached hydrogen (secondary N) is 1. The SMILES string of the molecule is CCNCc1cccc(SCC(=O)N(CC)C2CC2)c1. The second-order valence-corrected chi connectivity index (χ2v) is 6.18. The van der Waals surface area contributed by atoms with Gasteiger partial charge in [-0.05, 0) is 44.0 Å². The van der Waals surface area contributed by atoms with Crippen molar-refractivity contribution in [2.75, 3.05) is 18.8 Å². The minimum absolute atomic E-state index is 0.275. The lowest BCUT2D eigenvalue weighted by Crippen LogP contribution is -2.34. The van der Waals surface area contributed by atoms with Crippen LogP contribution in [0.3, 0.4) is 0 Å². The van der Waals surface area contributed by atoms with E-state index in [2.05, 4.69) is 43.4 Å². The molecule has 1 N–H and O–H groups in total. The van der Waals surface area contributed by atoms with Crippen molar-refractivity contribution in [3.63, 3.8) is 0 Å². The van der Waals surface area contributed by atoms with Gasteiger partial charge in [0.2, 0.25) is 5.91 Å². The van der Waals surface area contributed by atoms with Crippen molar-refractivity contribution >= 4 is 17.7 Å². The van der Waals surface area contributed by atoms with Crippen LogP contribution in [0.2, 0.25) is 0 Å². The van der Waals surface area contributed by atoms with Gasteiger partial charge in [-0.15, -0.1) is 11.8 Å². The zero-order valence-electron chi connectivity index (χ0n) is 12.4. The molecule has 1 amide bonds. The largest absolute Gasteiger partial charge is 0.339 e. The van der Waals surface area contributed by atoms with Crippen LogP contribution in [0.1, 0.15) is 32.3 Å². The van der Waals surface area contributed by atoms with E-state index in [-0.39, 0.29) is 5.91 Å². The summed E-state index contributed by atoms with van der Waals surface area (Å²) in [6.45, 7) is 6.88. The molecule has 0 saturated heterocycles. The summed E-state index contributed by atoms with van der Waals surface area (Å²) in [6, 6.07) is 8.97. The molecule has 0 aromatic heterocycles. The third-order valence-electron chi connectivity index (χ3n) is 3.49. The van der Waals surface area contributed by atoms with Gasteiger partial charge in [0.05, 0.1) is 5.75 Å². The second-order valence-electron chi connectivity index (χ2n) is 5.13. The molecule has 0 aliphatic heterocycles. The number of hydrogen-bond donors (Lipinski definition) is 1. The monoisotopic (exact) mass is 292 g/mol. The highest BCUT2D eigenvalue weighted by Crippen LogP contribution is 2.28. The predicted octanol–water partition coefficient (Wildman–Crippen LogP) is 2.90. The molecule has 110 valence electrons. The normalized spacial score (nSPS) is 14.3. The number of amides is 1. The van der Waals surface area contributed by atoms with Crippen LogP contribution in [0.15, 0.2) is 29.2 Å². The molecule has 2 rings (SSSR count). The summed E-state index contributed by atoms with van der Waals surface area (Å²) >= 11 is 1.65. The van der Waals surface area contributed by atoms with Gasteiger partial charge < -0.3 is 10.2 Å². The predicted molar refractivity (Wildman–Crippen MR) is 85.0 cm³/mol. The van der Waals surface area contributed by atoms with E-state index in [0.29, 0.717) is 11.8 Å². The van der Waals surface area contributed by atoms with Gasteiger partial charge in [-0.25, -0.2) is 0 Å². The van der Waals surface area contributed by atoms with E-state index in [0.717, 1.165) is 19.6 Å². The van der Waals surface area contributed by atoms with E-state index < -0.39 is 0 Å². The Morgan fingerprint density at radius 2 is 2.20 bits per heavy atom. The third-order valence-corrected chi connectivity index (χ3v) is 4.47. The average molecular weight is 292 g/mol. The number of benzene rings is 1. The molecule has 1 aliphatic rings. The van der Waals surface area contributed by atoms with Gasteiger partial charge in [-0.1, -0.05) is 19.1 Å². The minimum Gasteiger partial charge on any atom is -0.339 e. The number of thioether (sulfide) groups is 1. The molecule has 0 heterocycles. The first-order valence-electron chi connectivity index (χ1n) is 7.46. The van der Waals surface area contributed by atoms with Gasteiger partial charge in [0.15, 0.2) is 0 Å². The fourth-order valence-corrected chi connectivity index (χ4v) is 3.13. The third kappa shape index (κ3) is 4.53. The quantitative estimate of drug-likeness (QED) is 0.748. The van der Waals surface area contributed by atoms with Crippen molar-refractivity contribution in [1.29, 1.82) is 0 Å². The zero-order chi connectivity index (χ0) is 14.4. The van der Waals surface area contributed by atoms with Crippen LogP contribution >= 0.6 is 11.8 Å². The number of rotatable bonds is 8. The Hall–Kier alpha value is -1.00. The fourth-order valence-electron chi connectivity index (χ4n) is 2.27. The highest BCUT2D eigenvalue weighted by molar-refractivity contribution is 8.00. The fraction of sp³-hybridized carbons (Fsp3) is 0.562. The molecule has 0 spiro atoms. The summed E-state index contributed by atoms with van der Waals surface area (Å²) in [5.41, 5.74) is 1.28. The first kappa shape index (κ1) is 15.4. The summed E-state index contributed by atoms with van der Waals surface area (Å²) < 4.78 is 0. The van der Waals surface area contributed by atoms with E-state index in [1.807, 2.05) is 4.90 Å². The van der Waals surface area contributed by atoms with Crippen LogP contribution in [0.4, 0.5) is 0 Å². The molecule has 4 heteroatoms. The van der Waals surface area contributed by atoms with Crippen molar-refractivity contribution in [2.24, 2.45) is 0 Å². The molecule has 0 unspecified atom stereocenters. The Labute approximate surface area is 126 Å². The molecule has 0 radical (unpaired) electrons. The number of carbonyl (C=O) groups is 1. The lowest BCUT2D eigenvalue weighted by atomic mass is 10.2. The molecule has 1 saturated carbocycles. The Kier molecular flexibility index (Phi) is 5.92. The number of nitrogens with zero attached hydrogens (tertiary/aromatic N) is 1. The van der Waals surface area contributed by atoms with Crippen molar-refractivity contribution in [1.82, 2.24) is 10.2 Å². The van der Waals surface area contributed by atoms with E-state index in [4.69, 9.17) is 0 Å². The van der Waals surface area contributed by atoms with Crippen molar-refractivity contribution in [3.05, 3.63) is 29.8 Å². The molecule has 0 atom stereocenters. The summed E-state index contributed by atoms with van der Waals surface area (Å²) in [7, 11) is 0. The van der Waals surface area contributed by atoms with E-state index in [9.17, 15) is 4.79 Å². The van der Waals surface area contributed by atoms with Crippen LogP contribution in [0.5, 0.6) is 0 Å². The second kappa shape index (κ2) is 7.70. The van der Waals surface area contributed by atoms with Crippen LogP contribution in [-0.2, 0) is 11.3 Å². The molecule has 1 aliphatic carbocycles. The molecule has 1 fully saturated rings. The van der Waals surface area contributed by atoms with Gasteiger partial charge in [0.1, 0.15) is 0 Å². The molecular weight excluding hydrogens is 268 g/mol. The maximum absolute atomic E-state index is 12.2. The number of carbonyl (C=O) groups excluding carboxylic acids is 1. The summed E-state index contributed by atoms with van der Waals surface area (Å²) in [5.74, 6) is 0.826. The molecule has 3 nitrogen and oxygen atoms in total. The Morgan fingerprint density at radius 1 is 1.40 bits per heavy atom. The molecule has 1 aromatic rings. The minimum atomic E-state index is 0.275. The number of hydrogen-bond acceptors (Lipinski definition) is 3. The Balaban J connectivity index is 1.84. The molecule has 20 heavy (non-hydrogen) atoms. The van der Waals surface area contributed by atoms with Crippen molar-refractivity contribution < 1.29 is 4.79 Å². The van der Waals surface area contributed by atoms with E-state index in [1.165, 1.54) is 23.3 Å². The zero-order valence-corrected chi connectivity index (χ0v) is 13.2.